The quantitative estimate of drug-likeness (QED) is 0.161. The Morgan fingerprint density at radius 3 is 1.88 bits per heavy atom. The van der Waals surface area contributed by atoms with Crippen molar-refractivity contribution >= 4 is 87.0 Å². The molecule has 4 aromatic heterocycles. The number of benzene rings is 10. The Labute approximate surface area is 377 Å². The molecular weight excluding hydrogens is 807 g/mol. The Kier molecular flexibility index (Phi) is 7.88. The summed E-state index contributed by atoms with van der Waals surface area (Å²) in [6, 6.07) is 73.2. The molecule has 4 heterocycles. The molecule has 0 spiro atoms. The van der Waals surface area contributed by atoms with Gasteiger partial charge in [0, 0.05) is 44.4 Å². The first-order chi connectivity index (χ1) is 32.7. The van der Waals surface area contributed by atoms with Crippen molar-refractivity contribution in [1.82, 2.24) is 24.5 Å². The van der Waals surface area contributed by atoms with Crippen LogP contribution in [0.1, 0.15) is 0 Å². The van der Waals surface area contributed by atoms with Gasteiger partial charge in [-0.05, 0) is 91.3 Å². The lowest BCUT2D eigenvalue weighted by atomic mass is 9.99. The first kappa shape index (κ1) is 36.5. The molecule has 14 aromatic rings. The van der Waals surface area contributed by atoms with E-state index >= 15 is 0 Å². The van der Waals surface area contributed by atoms with Crippen LogP contribution in [0, 0.1) is 0 Å². The lowest BCUT2D eigenvalue weighted by molar-refractivity contribution is 0.654. The van der Waals surface area contributed by atoms with Gasteiger partial charge in [-0.25, -0.2) is 19.9 Å². The van der Waals surface area contributed by atoms with Crippen LogP contribution in [0.2, 0.25) is 0 Å². The summed E-state index contributed by atoms with van der Waals surface area (Å²) in [7, 11) is 0. The van der Waals surface area contributed by atoms with Crippen molar-refractivity contribution in [3.05, 3.63) is 212 Å². The molecule has 66 heavy (non-hydrogen) atoms. The number of para-hydroxylation sites is 2. The Bertz CT molecular complexity index is 4320. The second-order valence-electron chi connectivity index (χ2n) is 17.0. The number of rotatable bonds is 5. The molecular formula is C60H35N5O. The van der Waals surface area contributed by atoms with Gasteiger partial charge in [-0.15, -0.1) is 0 Å². The average Bonchev–Trinajstić information content (AvgIpc) is 3.93. The molecule has 10 aromatic carbocycles. The molecule has 0 fully saturated rings. The Morgan fingerprint density at radius 2 is 0.970 bits per heavy atom. The molecule has 0 N–H and O–H groups in total. The minimum absolute atomic E-state index is 0.541. The van der Waals surface area contributed by atoms with Crippen molar-refractivity contribution in [2.75, 3.05) is 0 Å². The van der Waals surface area contributed by atoms with Gasteiger partial charge in [0.2, 0.25) is 5.71 Å². The molecule has 0 saturated heterocycles. The van der Waals surface area contributed by atoms with Crippen LogP contribution in [0.3, 0.4) is 0 Å². The highest BCUT2D eigenvalue weighted by Gasteiger charge is 2.21. The summed E-state index contributed by atoms with van der Waals surface area (Å²) in [5, 5.41) is 13.5. The van der Waals surface area contributed by atoms with E-state index in [-0.39, 0.29) is 0 Å². The second-order valence-corrected chi connectivity index (χ2v) is 17.0. The summed E-state index contributed by atoms with van der Waals surface area (Å²) >= 11 is 0. The molecule has 0 unspecified atom stereocenters. The molecule has 0 amide bonds. The maximum atomic E-state index is 6.27. The molecule has 306 valence electrons. The van der Waals surface area contributed by atoms with E-state index < -0.39 is 0 Å². The van der Waals surface area contributed by atoms with Crippen LogP contribution in [-0.4, -0.2) is 24.5 Å². The molecule has 0 radical (unpaired) electrons. The summed E-state index contributed by atoms with van der Waals surface area (Å²) in [6.45, 7) is 0. The molecule has 0 aliphatic rings. The van der Waals surface area contributed by atoms with E-state index in [4.69, 9.17) is 19.4 Å². The van der Waals surface area contributed by atoms with Crippen LogP contribution in [0.15, 0.2) is 217 Å². The topological polar surface area (TPSA) is 69.6 Å². The maximum Gasteiger partial charge on any atom is 0.228 e. The van der Waals surface area contributed by atoms with Gasteiger partial charge in [-0.3, -0.25) is 0 Å². The van der Waals surface area contributed by atoms with Crippen molar-refractivity contribution in [3.8, 4) is 51.0 Å². The van der Waals surface area contributed by atoms with Gasteiger partial charge < -0.3 is 8.98 Å². The van der Waals surface area contributed by atoms with Gasteiger partial charge >= 0.3 is 0 Å². The molecule has 0 bridgehead atoms. The standard InChI is InChI=1S/C60H35N5O/c1-2-13-39-33-40(27-23-36(39)11-1)41-29-30-47-46-15-5-7-20-52(46)65(54(47)35-41)53-21-10-17-44-45(53)18-9-19-48(44)58-62-57(42-28-26-38-25-24-37-12-3-4-14-43(37)51(38)34-42)63-59(64-58)50-31-32-61-60-56(50)49-16-6-8-22-55(49)66-60/h1-35H. The van der Waals surface area contributed by atoms with Crippen LogP contribution >= 0.6 is 0 Å². The van der Waals surface area contributed by atoms with Gasteiger partial charge in [-0.1, -0.05) is 164 Å². The van der Waals surface area contributed by atoms with E-state index in [1.54, 1.807) is 6.20 Å². The van der Waals surface area contributed by atoms with Crippen molar-refractivity contribution in [2.24, 2.45) is 0 Å². The van der Waals surface area contributed by atoms with E-state index in [2.05, 4.69) is 192 Å². The van der Waals surface area contributed by atoms with E-state index in [0.717, 1.165) is 71.3 Å². The molecule has 14 rings (SSSR count). The maximum absolute atomic E-state index is 6.27. The fourth-order valence-corrected chi connectivity index (χ4v) is 10.2. The number of pyridine rings is 1. The molecule has 0 atom stereocenters. The number of hydrogen-bond donors (Lipinski definition) is 0. The Hall–Kier alpha value is -9.00. The van der Waals surface area contributed by atoms with Gasteiger partial charge in [0.1, 0.15) is 5.58 Å². The van der Waals surface area contributed by atoms with Crippen LogP contribution < -0.4 is 0 Å². The van der Waals surface area contributed by atoms with Crippen LogP contribution in [-0.2, 0) is 0 Å². The minimum atomic E-state index is 0.541. The van der Waals surface area contributed by atoms with Gasteiger partial charge in [0.25, 0.3) is 0 Å². The van der Waals surface area contributed by atoms with Crippen LogP contribution in [0.25, 0.3) is 138 Å². The second kappa shape index (κ2) is 14.3. The van der Waals surface area contributed by atoms with Crippen LogP contribution in [0.4, 0.5) is 0 Å². The van der Waals surface area contributed by atoms with E-state index in [0.29, 0.717) is 23.2 Å². The monoisotopic (exact) mass is 841 g/mol. The third-order valence-corrected chi connectivity index (χ3v) is 13.3. The zero-order valence-corrected chi connectivity index (χ0v) is 35.4. The van der Waals surface area contributed by atoms with Crippen molar-refractivity contribution in [1.29, 1.82) is 0 Å². The third kappa shape index (κ3) is 5.62. The largest absolute Gasteiger partial charge is 0.438 e. The first-order valence-electron chi connectivity index (χ1n) is 22.2. The first-order valence-corrected chi connectivity index (χ1v) is 22.2. The number of fused-ring (bicyclic) bond motifs is 11. The highest BCUT2D eigenvalue weighted by atomic mass is 16.3. The van der Waals surface area contributed by atoms with Gasteiger partial charge in [0.15, 0.2) is 17.5 Å². The number of nitrogens with zero attached hydrogens (tertiary/aromatic N) is 5. The zero-order valence-electron chi connectivity index (χ0n) is 35.4. The Morgan fingerprint density at radius 1 is 0.348 bits per heavy atom. The summed E-state index contributed by atoms with van der Waals surface area (Å²) in [6.07, 6.45) is 1.77. The zero-order chi connectivity index (χ0) is 43.3. The normalized spacial score (nSPS) is 11.9. The predicted octanol–water partition coefficient (Wildman–Crippen LogP) is 15.5. The fraction of sp³-hybridized carbons (Fsp3) is 0. The SMILES string of the molecule is c1ccc2cc(-c3ccc4c5ccccc5n(-c5cccc6c(-c7nc(-c8ccc9ccc%10ccccc%10c9c8)nc(-c8ccnc9oc%10ccccc%10c89)n7)cccc56)c4c3)ccc2c1. The molecule has 0 saturated carbocycles. The number of hydrogen-bond acceptors (Lipinski definition) is 5. The van der Waals surface area contributed by atoms with Crippen molar-refractivity contribution < 1.29 is 4.42 Å². The van der Waals surface area contributed by atoms with E-state index in [1.807, 2.05) is 24.3 Å². The van der Waals surface area contributed by atoms with Crippen molar-refractivity contribution in [2.45, 2.75) is 0 Å². The summed E-state index contributed by atoms with van der Waals surface area (Å²) < 4.78 is 8.68. The Balaban J connectivity index is 1.00. The summed E-state index contributed by atoms with van der Waals surface area (Å²) in [5.74, 6) is 1.71. The number of aromatic nitrogens is 5. The molecule has 6 nitrogen and oxygen atoms in total. The van der Waals surface area contributed by atoms with Crippen LogP contribution in [0.5, 0.6) is 0 Å². The summed E-state index contributed by atoms with van der Waals surface area (Å²) in [5.41, 5.74) is 9.65. The fourth-order valence-electron chi connectivity index (χ4n) is 10.2. The van der Waals surface area contributed by atoms with E-state index in [9.17, 15) is 0 Å². The van der Waals surface area contributed by atoms with Crippen molar-refractivity contribution in [3.63, 3.8) is 0 Å². The number of furan rings is 1. The molecule has 0 aliphatic heterocycles. The molecule has 0 aliphatic carbocycles. The lowest BCUT2D eigenvalue weighted by Gasteiger charge is -2.15. The predicted molar refractivity (Wildman–Crippen MR) is 271 cm³/mol. The minimum Gasteiger partial charge on any atom is -0.438 e. The lowest BCUT2D eigenvalue weighted by Crippen LogP contribution is -2.02. The van der Waals surface area contributed by atoms with E-state index in [1.165, 1.54) is 43.4 Å². The highest BCUT2D eigenvalue weighted by molar-refractivity contribution is 6.14. The third-order valence-electron chi connectivity index (χ3n) is 13.3. The smallest absolute Gasteiger partial charge is 0.228 e. The average molecular weight is 842 g/mol. The molecule has 6 heteroatoms. The van der Waals surface area contributed by atoms with Gasteiger partial charge in [-0.2, -0.15) is 0 Å². The van der Waals surface area contributed by atoms with Gasteiger partial charge in [0.05, 0.1) is 22.1 Å². The highest BCUT2D eigenvalue weighted by Crippen LogP contribution is 2.41. The summed E-state index contributed by atoms with van der Waals surface area (Å²) in [4.78, 5) is 20.6.